The zero-order valence-corrected chi connectivity index (χ0v) is 11.4. The third kappa shape index (κ3) is 3.94. The summed E-state index contributed by atoms with van der Waals surface area (Å²) in [6, 6.07) is 0.924. The molecule has 5 heteroatoms. The van der Waals surface area contributed by atoms with E-state index in [1.54, 1.807) is 0 Å². The number of halogens is 3. The summed E-state index contributed by atoms with van der Waals surface area (Å²) in [5, 5.41) is 0. The zero-order chi connectivity index (χ0) is 14.0. The molecule has 0 aromatic rings. The number of carbonyl (C=O) groups is 1. The van der Waals surface area contributed by atoms with Crippen LogP contribution < -0.4 is 0 Å². The topological polar surface area (TPSA) is 20.3 Å². The highest BCUT2D eigenvalue weighted by molar-refractivity contribution is 5.81. The predicted octanol–water partition coefficient (Wildman–Crippen LogP) is 3.55. The molecule has 2 bridgehead atoms. The van der Waals surface area contributed by atoms with Gasteiger partial charge in [0.05, 0.1) is 0 Å². The monoisotopic (exact) mass is 277 g/mol. The maximum atomic E-state index is 12.1. The Hall–Kier alpha value is -0.580. The Kier molecular flexibility index (Phi) is 4.54. The maximum Gasteiger partial charge on any atom is 0.389 e. The summed E-state index contributed by atoms with van der Waals surface area (Å²) in [7, 11) is 2.11. The first kappa shape index (κ1) is 14.8. The molecule has 0 aliphatic carbocycles. The minimum absolute atomic E-state index is 0.000247. The summed E-state index contributed by atoms with van der Waals surface area (Å²) in [5.74, 6) is 0.0500. The highest BCUT2D eigenvalue weighted by Crippen LogP contribution is 2.37. The van der Waals surface area contributed by atoms with Crippen LogP contribution in [0.2, 0.25) is 0 Å². The van der Waals surface area contributed by atoms with Crippen LogP contribution in [0.5, 0.6) is 0 Å². The molecule has 2 nitrogen and oxygen atoms in total. The first-order chi connectivity index (χ1) is 8.87. The van der Waals surface area contributed by atoms with Gasteiger partial charge in [0.2, 0.25) is 0 Å². The number of carbonyl (C=O) groups excluding carboxylic acids is 1. The van der Waals surface area contributed by atoms with E-state index in [4.69, 9.17) is 0 Å². The lowest BCUT2D eigenvalue weighted by molar-refractivity contribution is -0.138. The molecule has 0 aromatic carbocycles. The molecule has 2 heterocycles. The lowest BCUT2D eigenvalue weighted by atomic mass is 9.76. The lowest BCUT2D eigenvalue weighted by Crippen LogP contribution is -2.51. The van der Waals surface area contributed by atoms with Crippen LogP contribution >= 0.6 is 0 Å². The molecule has 2 aliphatic heterocycles. The largest absolute Gasteiger partial charge is 0.389 e. The Bertz CT molecular complexity index is 315. The van der Waals surface area contributed by atoms with Crippen LogP contribution in [0.15, 0.2) is 0 Å². The maximum absolute atomic E-state index is 12.1. The van der Waals surface area contributed by atoms with Crippen molar-refractivity contribution in [1.29, 1.82) is 0 Å². The van der Waals surface area contributed by atoms with Crippen LogP contribution in [0.25, 0.3) is 0 Å². The molecule has 110 valence electrons. The number of alkyl halides is 3. The number of hydrogen-bond donors (Lipinski definition) is 0. The molecular weight excluding hydrogens is 255 g/mol. The van der Waals surface area contributed by atoms with Crippen molar-refractivity contribution < 1.29 is 18.0 Å². The van der Waals surface area contributed by atoms with Gasteiger partial charge in [-0.3, -0.25) is 4.79 Å². The molecule has 0 amide bonds. The van der Waals surface area contributed by atoms with Gasteiger partial charge in [0, 0.05) is 30.8 Å². The normalized spacial score (nSPS) is 32.3. The second kappa shape index (κ2) is 5.81. The quantitative estimate of drug-likeness (QED) is 0.783. The van der Waals surface area contributed by atoms with Crippen LogP contribution in [0, 0.1) is 5.92 Å². The molecule has 0 saturated carbocycles. The molecule has 2 unspecified atom stereocenters. The van der Waals surface area contributed by atoms with Crippen LogP contribution in [0.4, 0.5) is 13.2 Å². The third-order valence-electron chi connectivity index (χ3n) is 4.68. The van der Waals surface area contributed by atoms with Crippen molar-refractivity contribution in [2.24, 2.45) is 5.92 Å². The second-order valence-corrected chi connectivity index (χ2v) is 6.01. The van der Waals surface area contributed by atoms with E-state index in [1.807, 2.05) is 0 Å². The van der Waals surface area contributed by atoms with E-state index in [0.717, 1.165) is 25.7 Å². The number of nitrogens with zero attached hydrogens (tertiary/aromatic N) is 1. The summed E-state index contributed by atoms with van der Waals surface area (Å²) in [5.41, 5.74) is 0. The van der Waals surface area contributed by atoms with E-state index in [9.17, 15) is 18.0 Å². The molecule has 0 radical (unpaired) electrons. The summed E-state index contributed by atoms with van der Waals surface area (Å²) < 4.78 is 36.2. The lowest BCUT2D eigenvalue weighted by Gasteiger charge is -2.46. The van der Waals surface area contributed by atoms with Crippen molar-refractivity contribution in [3.63, 3.8) is 0 Å². The van der Waals surface area contributed by atoms with Crippen LogP contribution in [-0.2, 0) is 4.79 Å². The number of fused-ring (bicyclic) bond motifs is 2. The van der Waals surface area contributed by atoms with Gasteiger partial charge in [-0.15, -0.1) is 0 Å². The van der Waals surface area contributed by atoms with Crippen molar-refractivity contribution in [1.82, 2.24) is 4.90 Å². The molecule has 2 fully saturated rings. The average Bonchev–Trinajstić information content (AvgIpc) is 2.26. The summed E-state index contributed by atoms with van der Waals surface area (Å²) >= 11 is 0. The minimum Gasteiger partial charge on any atom is -0.300 e. The van der Waals surface area contributed by atoms with E-state index in [-0.39, 0.29) is 24.5 Å². The van der Waals surface area contributed by atoms with E-state index in [2.05, 4.69) is 11.9 Å². The molecule has 0 N–H and O–H groups in total. The Balaban J connectivity index is 1.80. The predicted molar refractivity (Wildman–Crippen MR) is 66.8 cm³/mol. The van der Waals surface area contributed by atoms with Crippen molar-refractivity contribution in [3.8, 4) is 0 Å². The number of piperidine rings is 2. The van der Waals surface area contributed by atoms with Gasteiger partial charge in [-0.25, -0.2) is 0 Å². The van der Waals surface area contributed by atoms with Crippen LogP contribution in [0.1, 0.15) is 51.4 Å². The fourth-order valence-corrected chi connectivity index (χ4v) is 3.55. The Labute approximate surface area is 112 Å². The highest BCUT2D eigenvalue weighted by atomic mass is 19.4. The minimum atomic E-state index is -4.14. The Morgan fingerprint density at radius 1 is 1.21 bits per heavy atom. The van der Waals surface area contributed by atoms with Crippen molar-refractivity contribution in [2.75, 3.05) is 7.05 Å². The van der Waals surface area contributed by atoms with Gasteiger partial charge in [-0.05, 0) is 39.2 Å². The van der Waals surface area contributed by atoms with Crippen LogP contribution in [-0.4, -0.2) is 36.0 Å². The van der Waals surface area contributed by atoms with Gasteiger partial charge < -0.3 is 4.90 Å². The van der Waals surface area contributed by atoms with Crippen LogP contribution in [0.3, 0.4) is 0 Å². The Morgan fingerprint density at radius 2 is 1.79 bits per heavy atom. The fourth-order valence-electron chi connectivity index (χ4n) is 3.55. The van der Waals surface area contributed by atoms with E-state index >= 15 is 0 Å². The molecule has 2 rings (SSSR count). The second-order valence-electron chi connectivity index (χ2n) is 6.01. The molecule has 2 saturated heterocycles. The smallest absolute Gasteiger partial charge is 0.300 e. The Morgan fingerprint density at radius 3 is 2.32 bits per heavy atom. The number of hydrogen-bond acceptors (Lipinski definition) is 2. The number of rotatable bonds is 4. The van der Waals surface area contributed by atoms with Crippen molar-refractivity contribution >= 4 is 5.78 Å². The molecule has 0 aromatic heterocycles. The van der Waals surface area contributed by atoms with Crippen molar-refractivity contribution in [3.05, 3.63) is 0 Å². The average molecular weight is 277 g/mol. The van der Waals surface area contributed by atoms with Crippen molar-refractivity contribution in [2.45, 2.75) is 69.6 Å². The highest BCUT2D eigenvalue weighted by Gasteiger charge is 2.38. The molecular formula is C14H22F3NO. The van der Waals surface area contributed by atoms with Gasteiger partial charge in [-0.1, -0.05) is 6.42 Å². The van der Waals surface area contributed by atoms with Gasteiger partial charge in [0.15, 0.2) is 0 Å². The summed E-state index contributed by atoms with van der Waals surface area (Å²) in [6.45, 7) is 0. The molecule has 0 spiro atoms. The summed E-state index contributed by atoms with van der Waals surface area (Å²) in [6.07, 6.45) is 0.224. The third-order valence-corrected chi connectivity index (χ3v) is 4.68. The van der Waals surface area contributed by atoms with Gasteiger partial charge in [0.25, 0.3) is 0 Å². The first-order valence-electron chi connectivity index (χ1n) is 7.18. The van der Waals surface area contributed by atoms with E-state index in [0.29, 0.717) is 12.1 Å². The SMILES string of the molecule is CN1C2CCCC1CC(C(=O)CCCC(F)(F)F)C2. The van der Waals surface area contributed by atoms with Gasteiger partial charge in [0.1, 0.15) is 5.78 Å². The molecule has 19 heavy (non-hydrogen) atoms. The fraction of sp³-hybridized carbons (Fsp3) is 0.929. The summed E-state index contributed by atoms with van der Waals surface area (Å²) in [4.78, 5) is 14.4. The standard InChI is InChI=1S/C14H22F3NO/c1-18-11-4-2-5-12(18)9-10(8-11)13(19)6-3-7-14(15,16)17/h10-12H,2-9H2,1H3. The molecule has 2 atom stereocenters. The zero-order valence-electron chi connectivity index (χ0n) is 11.4. The van der Waals surface area contributed by atoms with Gasteiger partial charge >= 0.3 is 6.18 Å². The first-order valence-corrected chi connectivity index (χ1v) is 7.18. The molecule has 2 aliphatic rings. The number of ketones is 1. The van der Waals surface area contributed by atoms with Gasteiger partial charge in [-0.2, -0.15) is 13.2 Å². The van der Waals surface area contributed by atoms with E-state index in [1.165, 1.54) is 6.42 Å². The number of Topliss-reactive ketones (excluding diaryl/α,β-unsaturated/α-hetero) is 1. The van der Waals surface area contributed by atoms with E-state index < -0.39 is 12.6 Å².